The summed E-state index contributed by atoms with van der Waals surface area (Å²) >= 11 is 0. The summed E-state index contributed by atoms with van der Waals surface area (Å²) in [6, 6.07) is 14.0. The second-order valence-electron chi connectivity index (χ2n) is 7.98. The molecule has 0 spiro atoms. The van der Waals surface area contributed by atoms with Crippen molar-refractivity contribution in [1.82, 2.24) is 5.32 Å². The van der Waals surface area contributed by atoms with Crippen LogP contribution in [0.3, 0.4) is 0 Å². The van der Waals surface area contributed by atoms with Crippen molar-refractivity contribution in [2.75, 3.05) is 37.0 Å². The topological polar surface area (TPSA) is 97.0 Å². The van der Waals surface area contributed by atoms with Crippen LogP contribution in [0, 0.1) is 5.92 Å². The first kappa shape index (κ1) is 21.8. The van der Waals surface area contributed by atoms with E-state index in [1.165, 1.54) is 0 Å². The molecule has 0 saturated carbocycles. The number of carbonyl (C=O) groups excluding carboxylic acids is 3. The molecule has 4 rings (SSSR count). The van der Waals surface area contributed by atoms with E-state index in [0.29, 0.717) is 23.5 Å². The van der Waals surface area contributed by atoms with Gasteiger partial charge in [0.2, 0.25) is 11.8 Å². The van der Waals surface area contributed by atoms with Gasteiger partial charge in [-0.1, -0.05) is 12.1 Å². The lowest BCUT2D eigenvalue weighted by atomic mass is 10.1. The highest BCUT2D eigenvalue weighted by atomic mass is 16.5. The molecule has 2 N–H and O–H groups in total. The molecule has 0 unspecified atom stereocenters. The van der Waals surface area contributed by atoms with Gasteiger partial charge in [-0.15, -0.1) is 0 Å². The fourth-order valence-corrected chi connectivity index (χ4v) is 4.03. The molecule has 2 atom stereocenters. The van der Waals surface area contributed by atoms with Crippen molar-refractivity contribution in [1.29, 1.82) is 0 Å². The van der Waals surface area contributed by atoms with E-state index in [-0.39, 0.29) is 36.8 Å². The number of para-hydroxylation sites is 1. The minimum atomic E-state index is -0.507. The third-order valence-electron chi connectivity index (χ3n) is 5.82. The Bertz CT molecular complexity index is 985. The number of nitrogens with zero attached hydrogens (tertiary/aromatic N) is 1. The van der Waals surface area contributed by atoms with Crippen molar-refractivity contribution in [3.63, 3.8) is 0 Å². The average molecular weight is 437 g/mol. The molecule has 0 bridgehead atoms. The molecule has 8 nitrogen and oxygen atoms in total. The van der Waals surface area contributed by atoms with Gasteiger partial charge in [0.25, 0.3) is 5.91 Å². The number of hydrogen-bond acceptors (Lipinski definition) is 5. The lowest BCUT2D eigenvalue weighted by Crippen LogP contribution is -2.33. The Labute approximate surface area is 186 Å². The highest BCUT2D eigenvalue weighted by Gasteiger charge is 2.35. The number of anilines is 2. The van der Waals surface area contributed by atoms with E-state index in [4.69, 9.17) is 9.47 Å². The largest absolute Gasteiger partial charge is 0.497 e. The summed E-state index contributed by atoms with van der Waals surface area (Å²) in [5.41, 5.74) is 1.54. The molecule has 0 aromatic heterocycles. The molecule has 8 heteroatoms. The fraction of sp³-hybridized carbons (Fsp3) is 0.375. The van der Waals surface area contributed by atoms with Crippen LogP contribution in [0.2, 0.25) is 0 Å². The van der Waals surface area contributed by atoms with E-state index in [1.807, 2.05) is 0 Å². The normalized spacial score (nSPS) is 20.3. The van der Waals surface area contributed by atoms with Crippen molar-refractivity contribution >= 4 is 29.1 Å². The lowest BCUT2D eigenvalue weighted by Gasteiger charge is -2.18. The van der Waals surface area contributed by atoms with Crippen molar-refractivity contribution in [2.24, 2.45) is 5.92 Å². The number of nitrogens with one attached hydrogen (secondary N) is 2. The predicted octanol–water partition coefficient (Wildman–Crippen LogP) is 2.60. The quantitative estimate of drug-likeness (QED) is 0.694. The molecular weight excluding hydrogens is 410 g/mol. The van der Waals surface area contributed by atoms with Crippen molar-refractivity contribution < 1.29 is 23.9 Å². The monoisotopic (exact) mass is 437 g/mol. The Hall–Kier alpha value is -3.39. The van der Waals surface area contributed by atoms with Gasteiger partial charge in [0.05, 0.1) is 30.4 Å². The van der Waals surface area contributed by atoms with Crippen LogP contribution in [0.1, 0.15) is 29.6 Å². The summed E-state index contributed by atoms with van der Waals surface area (Å²) in [7, 11) is 1.58. The minimum absolute atomic E-state index is 0.0362. The van der Waals surface area contributed by atoms with Gasteiger partial charge in [0.1, 0.15) is 5.75 Å². The fourth-order valence-electron chi connectivity index (χ4n) is 4.03. The van der Waals surface area contributed by atoms with Crippen LogP contribution in [-0.2, 0) is 14.3 Å². The summed E-state index contributed by atoms with van der Waals surface area (Å²) in [5, 5.41) is 5.72. The first-order valence-corrected chi connectivity index (χ1v) is 10.8. The van der Waals surface area contributed by atoms with Gasteiger partial charge in [0.15, 0.2) is 0 Å². The van der Waals surface area contributed by atoms with Crippen LogP contribution in [0.15, 0.2) is 48.5 Å². The molecule has 32 heavy (non-hydrogen) atoms. The van der Waals surface area contributed by atoms with Gasteiger partial charge in [-0.25, -0.2) is 0 Å². The maximum absolute atomic E-state index is 12.9. The molecule has 2 fully saturated rings. The summed E-state index contributed by atoms with van der Waals surface area (Å²) < 4.78 is 10.7. The summed E-state index contributed by atoms with van der Waals surface area (Å²) in [4.78, 5) is 39.7. The van der Waals surface area contributed by atoms with Crippen LogP contribution >= 0.6 is 0 Å². The van der Waals surface area contributed by atoms with Crippen LogP contribution in [-0.4, -0.2) is 50.6 Å². The summed E-state index contributed by atoms with van der Waals surface area (Å²) in [6.07, 6.45) is 2.08. The van der Waals surface area contributed by atoms with Crippen molar-refractivity contribution in [2.45, 2.75) is 25.4 Å². The highest BCUT2D eigenvalue weighted by molar-refractivity contribution is 6.07. The van der Waals surface area contributed by atoms with Crippen LogP contribution < -0.4 is 20.3 Å². The first-order valence-electron chi connectivity index (χ1n) is 10.8. The van der Waals surface area contributed by atoms with Crippen LogP contribution in [0.5, 0.6) is 5.75 Å². The molecule has 3 amide bonds. The third kappa shape index (κ3) is 4.91. The molecule has 2 aromatic rings. The zero-order chi connectivity index (χ0) is 22.5. The molecule has 2 aromatic carbocycles. The second kappa shape index (κ2) is 9.82. The number of rotatable bonds is 7. The Morgan fingerprint density at radius 2 is 1.94 bits per heavy atom. The van der Waals surface area contributed by atoms with Crippen molar-refractivity contribution in [3.8, 4) is 5.75 Å². The predicted molar refractivity (Wildman–Crippen MR) is 120 cm³/mol. The smallest absolute Gasteiger partial charge is 0.253 e. The SMILES string of the molecule is COc1ccc(N2C[C@@H](C(=O)Nc3ccccc3C(=O)NC[C@H]3CCCO3)CC2=O)cc1. The molecule has 2 aliphatic rings. The second-order valence-corrected chi connectivity index (χ2v) is 7.98. The number of benzene rings is 2. The van der Waals surface area contributed by atoms with Gasteiger partial charge >= 0.3 is 0 Å². The maximum atomic E-state index is 12.9. The highest BCUT2D eigenvalue weighted by Crippen LogP contribution is 2.28. The van der Waals surface area contributed by atoms with Gasteiger partial charge in [-0.05, 0) is 49.2 Å². The third-order valence-corrected chi connectivity index (χ3v) is 5.82. The molecule has 2 heterocycles. The number of hydrogen-bond donors (Lipinski definition) is 2. The molecular formula is C24H27N3O5. The number of carbonyl (C=O) groups is 3. The van der Waals surface area contributed by atoms with E-state index >= 15 is 0 Å². The van der Waals surface area contributed by atoms with Crippen molar-refractivity contribution in [3.05, 3.63) is 54.1 Å². The summed E-state index contributed by atoms with van der Waals surface area (Å²) in [5.74, 6) is -0.470. The molecule has 168 valence electrons. The Morgan fingerprint density at radius 3 is 2.66 bits per heavy atom. The Kier molecular flexibility index (Phi) is 6.70. The minimum Gasteiger partial charge on any atom is -0.497 e. The number of ether oxygens (including phenoxy) is 2. The maximum Gasteiger partial charge on any atom is 0.253 e. The molecule has 2 aliphatic heterocycles. The molecule has 0 aliphatic carbocycles. The zero-order valence-electron chi connectivity index (χ0n) is 18.0. The van der Waals surface area contributed by atoms with E-state index in [9.17, 15) is 14.4 Å². The lowest BCUT2D eigenvalue weighted by molar-refractivity contribution is -0.122. The van der Waals surface area contributed by atoms with E-state index in [0.717, 1.165) is 25.1 Å². The Balaban J connectivity index is 1.39. The average Bonchev–Trinajstić information content (AvgIpc) is 3.47. The van der Waals surface area contributed by atoms with Crippen LogP contribution in [0.4, 0.5) is 11.4 Å². The number of amides is 3. The molecule has 0 radical (unpaired) electrons. The summed E-state index contributed by atoms with van der Waals surface area (Å²) in [6.45, 7) is 1.44. The van der Waals surface area contributed by atoms with E-state index in [2.05, 4.69) is 10.6 Å². The van der Waals surface area contributed by atoms with E-state index < -0.39 is 5.92 Å². The van der Waals surface area contributed by atoms with Gasteiger partial charge in [-0.2, -0.15) is 0 Å². The Morgan fingerprint density at radius 1 is 1.16 bits per heavy atom. The molecule has 2 saturated heterocycles. The zero-order valence-corrected chi connectivity index (χ0v) is 18.0. The van der Waals surface area contributed by atoms with Crippen LogP contribution in [0.25, 0.3) is 0 Å². The standard InChI is InChI=1S/C24H27N3O5/c1-31-18-10-8-17(9-11-18)27-15-16(13-22(27)28)23(29)26-21-7-3-2-6-20(21)24(30)25-14-19-5-4-12-32-19/h2-3,6-11,16,19H,4-5,12-15H2,1H3,(H,25,30)(H,26,29)/t16-,19+/m0/s1. The number of methoxy groups -OCH3 is 1. The van der Waals surface area contributed by atoms with Gasteiger partial charge in [0, 0.05) is 31.8 Å². The van der Waals surface area contributed by atoms with Gasteiger partial charge in [-0.3, -0.25) is 14.4 Å². The first-order chi connectivity index (χ1) is 15.5. The van der Waals surface area contributed by atoms with E-state index in [1.54, 1.807) is 60.5 Å². The van der Waals surface area contributed by atoms with Gasteiger partial charge < -0.3 is 25.0 Å².